The second-order valence-electron chi connectivity index (χ2n) is 4.66. The smallest absolute Gasteiger partial charge is 0.282 e. The van der Waals surface area contributed by atoms with Crippen molar-refractivity contribution in [2.75, 3.05) is 6.54 Å². The van der Waals surface area contributed by atoms with Gasteiger partial charge in [-0.3, -0.25) is 15.2 Å². The Labute approximate surface area is 118 Å². The van der Waals surface area contributed by atoms with E-state index in [1.807, 2.05) is 38.1 Å². The van der Waals surface area contributed by atoms with Crippen LogP contribution in [0.25, 0.3) is 0 Å². The monoisotopic (exact) mass is 275 g/mol. The first-order valence-corrected chi connectivity index (χ1v) is 6.73. The highest BCUT2D eigenvalue weighted by molar-refractivity contribution is 7.82. The number of thiocarbonyl (C=S) groups is 1. The van der Waals surface area contributed by atoms with Crippen molar-refractivity contribution < 1.29 is 4.79 Å². The van der Waals surface area contributed by atoms with Gasteiger partial charge in [-0.25, -0.2) is 4.79 Å². The lowest BCUT2D eigenvalue weighted by atomic mass is 10.1. The van der Waals surface area contributed by atoms with Gasteiger partial charge in [0.15, 0.2) is 10.8 Å². The molecule has 0 unspecified atom stereocenters. The molecular formula is C14H17N3OS. The molecule has 0 saturated carbocycles. The first kappa shape index (κ1) is 13.7. The van der Waals surface area contributed by atoms with Crippen molar-refractivity contribution in [3.63, 3.8) is 0 Å². The number of carbonyl (C=O) groups excluding carboxylic acids is 1. The molecular weight excluding hydrogens is 258 g/mol. The van der Waals surface area contributed by atoms with E-state index in [0.717, 1.165) is 12.0 Å². The van der Waals surface area contributed by atoms with Crippen LogP contribution in [0.2, 0.25) is 0 Å². The Kier molecular flexibility index (Phi) is 3.95. The van der Waals surface area contributed by atoms with Crippen molar-refractivity contribution in [2.24, 2.45) is 0 Å². The summed E-state index contributed by atoms with van der Waals surface area (Å²) < 4.78 is 0. The lowest BCUT2D eigenvalue weighted by Crippen LogP contribution is -2.33. The fraction of sp³-hybridized carbons (Fsp3) is 0.357. The van der Waals surface area contributed by atoms with Crippen LogP contribution in [0, 0.1) is 12.3 Å². The molecule has 1 fully saturated rings. The van der Waals surface area contributed by atoms with Gasteiger partial charge < -0.3 is 0 Å². The molecule has 0 atom stereocenters. The zero-order valence-electron chi connectivity index (χ0n) is 11.1. The molecule has 0 aliphatic carbocycles. The predicted octanol–water partition coefficient (Wildman–Crippen LogP) is 2.95. The summed E-state index contributed by atoms with van der Waals surface area (Å²) in [7, 11) is 0. The van der Waals surface area contributed by atoms with Crippen molar-refractivity contribution in [3.05, 3.63) is 35.4 Å². The lowest BCUT2D eigenvalue weighted by molar-refractivity contribution is 0.204. The summed E-state index contributed by atoms with van der Waals surface area (Å²) >= 11 is 5.20. The molecule has 100 valence electrons. The highest BCUT2D eigenvalue weighted by Crippen LogP contribution is 2.18. The van der Waals surface area contributed by atoms with Crippen LogP contribution in [-0.2, 0) is 6.54 Å². The maximum atomic E-state index is 12.2. The van der Waals surface area contributed by atoms with E-state index in [4.69, 9.17) is 17.6 Å². The number of benzene rings is 1. The first-order chi connectivity index (χ1) is 9.04. The number of nitrogens with one attached hydrogen (secondary N) is 1. The van der Waals surface area contributed by atoms with Gasteiger partial charge in [-0.15, -0.1) is 0 Å². The van der Waals surface area contributed by atoms with E-state index < -0.39 is 0 Å². The molecule has 1 saturated heterocycles. The normalized spacial score (nSPS) is 15.6. The van der Waals surface area contributed by atoms with Gasteiger partial charge in [-0.2, -0.15) is 0 Å². The summed E-state index contributed by atoms with van der Waals surface area (Å²) in [6.07, 6.45) is 0.815. The molecule has 1 aliphatic rings. The SMILES string of the molecule is CCCN1C(=N)C(=S)N(Cc2ccc(C)cc2)C1=O. The third kappa shape index (κ3) is 2.66. The van der Waals surface area contributed by atoms with E-state index in [9.17, 15) is 4.79 Å². The number of urea groups is 1. The van der Waals surface area contributed by atoms with Crippen LogP contribution >= 0.6 is 12.2 Å². The van der Waals surface area contributed by atoms with Gasteiger partial charge in [0.25, 0.3) is 0 Å². The van der Waals surface area contributed by atoms with Gasteiger partial charge in [0, 0.05) is 6.54 Å². The van der Waals surface area contributed by atoms with E-state index in [-0.39, 0.29) is 11.9 Å². The molecule has 1 aromatic rings. The van der Waals surface area contributed by atoms with E-state index in [1.54, 1.807) is 0 Å². The third-order valence-electron chi connectivity index (χ3n) is 3.09. The summed E-state index contributed by atoms with van der Waals surface area (Å²) in [5.41, 5.74) is 2.20. The average Bonchev–Trinajstić information content (AvgIpc) is 2.59. The number of amidine groups is 1. The van der Waals surface area contributed by atoms with Gasteiger partial charge in [0.05, 0.1) is 6.54 Å². The third-order valence-corrected chi connectivity index (χ3v) is 3.50. The Morgan fingerprint density at radius 3 is 2.42 bits per heavy atom. The van der Waals surface area contributed by atoms with Gasteiger partial charge in [0.1, 0.15) is 0 Å². The van der Waals surface area contributed by atoms with Crippen LogP contribution in [0.4, 0.5) is 4.79 Å². The number of amides is 2. The standard InChI is InChI=1S/C14H17N3OS/c1-3-8-16-12(15)13(19)17(14(16)18)9-11-6-4-10(2)5-7-11/h4-7,15H,3,8-9H2,1-2H3. The quantitative estimate of drug-likeness (QED) is 0.859. The number of aryl methyl sites for hydroxylation is 1. The molecule has 1 heterocycles. The molecule has 0 aromatic heterocycles. The van der Waals surface area contributed by atoms with Crippen LogP contribution < -0.4 is 0 Å². The largest absolute Gasteiger partial charge is 0.331 e. The highest BCUT2D eigenvalue weighted by Gasteiger charge is 2.37. The number of rotatable bonds is 4. The summed E-state index contributed by atoms with van der Waals surface area (Å²) in [6, 6.07) is 7.80. The molecule has 19 heavy (non-hydrogen) atoms. The topological polar surface area (TPSA) is 47.4 Å². The van der Waals surface area contributed by atoms with Crippen LogP contribution in [0.15, 0.2) is 24.3 Å². The zero-order chi connectivity index (χ0) is 14.0. The zero-order valence-corrected chi connectivity index (χ0v) is 12.0. The highest BCUT2D eigenvalue weighted by atomic mass is 32.1. The summed E-state index contributed by atoms with van der Waals surface area (Å²) in [5, 5.41) is 7.90. The molecule has 1 N–H and O–H groups in total. The first-order valence-electron chi connectivity index (χ1n) is 6.32. The number of hydrogen-bond donors (Lipinski definition) is 1. The lowest BCUT2D eigenvalue weighted by Gasteiger charge is -2.16. The Morgan fingerprint density at radius 1 is 1.21 bits per heavy atom. The second kappa shape index (κ2) is 5.48. The van der Waals surface area contributed by atoms with E-state index in [2.05, 4.69) is 0 Å². The van der Waals surface area contributed by atoms with Crippen LogP contribution in [0.3, 0.4) is 0 Å². The van der Waals surface area contributed by atoms with Gasteiger partial charge in [-0.05, 0) is 18.9 Å². The van der Waals surface area contributed by atoms with Crippen LogP contribution in [0.5, 0.6) is 0 Å². The van der Waals surface area contributed by atoms with Crippen molar-refractivity contribution in [1.29, 1.82) is 5.41 Å². The minimum absolute atomic E-state index is 0.147. The molecule has 0 spiro atoms. The van der Waals surface area contributed by atoms with E-state index in [1.165, 1.54) is 15.4 Å². The Balaban J connectivity index is 2.16. The maximum absolute atomic E-state index is 12.2. The minimum Gasteiger partial charge on any atom is -0.282 e. The summed E-state index contributed by atoms with van der Waals surface area (Å²) in [5.74, 6) is 0.147. The maximum Gasteiger partial charge on any atom is 0.331 e. The predicted molar refractivity (Wildman–Crippen MR) is 79.4 cm³/mol. The molecule has 1 aromatic carbocycles. The van der Waals surface area contributed by atoms with Crippen molar-refractivity contribution in [3.8, 4) is 0 Å². The summed E-state index contributed by atoms with van der Waals surface area (Å²) in [4.78, 5) is 15.5. The Hall–Kier alpha value is -1.75. The van der Waals surface area contributed by atoms with E-state index in [0.29, 0.717) is 18.1 Å². The van der Waals surface area contributed by atoms with Gasteiger partial charge >= 0.3 is 6.03 Å². The summed E-state index contributed by atoms with van der Waals surface area (Å²) in [6.45, 7) is 4.98. The average molecular weight is 275 g/mol. The minimum atomic E-state index is -0.183. The van der Waals surface area contributed by atoms with Gasteiger partial charge in [-0.1, -0.05) is 49.0 Å². The number of hydrogen-bond acceptors (Lipinski definition) is 3. The number of carbonyl (C=O) groups is 1. The second-order valence-corrected chi connectivity index (χ2v) is 5.05. The molecule has 2 amide bonds. The van der Waals surface area contributed by atoms with Crippen LogP contribution in [-0.4, -0.2) is 33.2 Å². The van der Waals surface area contributed by atoms with Crippen molar-refractivity contribution in [1.82, 2.24) is 9.80 Å². The molecule has 1 aliphatic heterocycles. The van der Waals surface area contributed by atoms with Crippen molar-refractivity contribution >= 4 is 29.1 Å². The van der Waals surface area contributed by atoms with Gasteiger partial charge in [0.2, 0.25) is 0 Å². The Bertz CT molecular complexity index is 524. The molecule has 4 nitrogen and oxygen atoms in total. The fourth-order valence-electron chi connectivity index (χ4n) is 2.02. The molecule has 2 rings (SSSR count). The molecule has 0 radical (unpaired) electrons. The molecule has 0 bridgehead atoms. The van der Waals surface area contributed by atoms with E-state index >= 15 is 0 Å². The fourth-order valence-corrected chi connectivity index (χ4v) is 2.27. The van der Waals surface area contributed by atoms with Crippen LogP contribution in [0.1, 0.15) is 24.5 Å². The van der Waals surface area contributed by atoms with Crippen molar-refractivity contribution in [2.45, 2.75) is 26.8 Å². The number of nitrogens with zero attached hydrogens (tertiary/aromatic N) is 2. The Morgan fingerprint density at radius 2 is 1.84 bits per heavy atom. The molecule has 5 heteroatoms.